The Morgan fingerprint density at radius 1 is 0.946 bits per heavy atom. The van der Waals surface area contributed by atoms with E-state index in [0.29, 0.717) is 11.1 Å². The minimum absolute atomic E-state index is 0.0566. The third kappa shape index (κ3) is 6.66. The normalized spacial score (nSPS) is 20.5. The first-order valence-electron chi connectivity index (χ1n) is 14.2. The molecule has 1 aromatic heterocycles. The van der Waals surface area contributed by atoms with Gasteiger partial charge >= 0.3 is 0 Å². The molecule has 37 heavy (non-hydrogen) atoms. The monoisotopic (exact) mass is 540 g/mol. The van der Waals surface area contributed by atoms with Gasteiger partial charge in [-0.25, -0.2) is 0 Å². The van der Waals surface area contributed by atoms with Gasteiger partial charge in [0.15, 0.2) is 5.11 Å². The van der Waals surface area contributed by atoms with Crippen LogP contribution in [0.25, 0.3) is 0 Å². The Bertz CT molecular complexity index is 1060. The number of nitrogens with zero attached hydrogens (tertiary/aromatic N) is 4. The summed E-state index contributed by atoms with van der Waals surface area (Å²) in [6, 6.07) is 10.5. The molecule has 200 valence electrons. The second kappa shape index (κ2) is 12.2. The highest BCUT2D eigenvalue weighted by Crippen LogP contribution is 2.41. The molecule has 1 saturated carbocycles. The van der Waals surface area contributed by atoms with Gasteiger partial charge in [-0.1, -0.05) is 56.3 Å². The molecule has 2 aliphatic heterocycles. The zero-order chi connectivity index (χ0) is 25.7. The summed E-state index contributed by atoms with van der Waals surface area (Å²) >= 11 is 12.1. The molecule has 0 radical (unpaired) electrons. The number of rotatable bonds is 6. The maximum absolute atomic E-state index is 6.35. The number of benzene rings is 1. The average molecular weight is 541 g/mol. The van der Waals surface area contributed by atoms with Gasteiger partial charge in [0.25, 0.3) is 0 Å². The van der Waals surface area contributed by atoms with Crippen molar-refractivity contribution in [3.05, 3.63) is 40.9 Å². The summed E-state index contributed by atoms with van der Waals surface area (Å²) in [5, 5.41) is 8.24. The fourth-order valence-corrected chi connectivity index (χ4v) is 6.53. The van der Waals surface area contributed by atoms with Crippen molar-refractivity contribution in [3.63, 3.8) is 0 Å². The van der Waals surface area contributed by atoms with E-state index in [1.165, 1.54) is 56.9 Å². The van der Waals surface area contributed by atoms with Crippen LogP contribution in [0.4, 0.5) is 17.6 Å². The van der Waals surface area contributed by atoms with Crippen LogP contribution in [0.15, 0.2) is 30.3 Å². The molecule has 0 spiro atoms. The number of nitrogens with one attached hydrogen (secondary N) is 2. The molecule has 2 N–H and O–H groups in total. The highest BCUT2D eigenvalue weighted by Gasteiger charge is 2.36. The molecule has 3 aliphatic rings. The van der Waals surface area contributed by atoms with E-state index in [9.17, 15) is 0 Å². The van der Waals surface area contributed by atoms with Crippen molar-refractivity contribution < 1.29 is 0 Å². The van der Waals surface area contributed by atoms with Crippen LogP contribution in [-0.2, 0) is 5.41 Å². The molecule has 0 amide bonds. The number of piperidine rings is 1. The first kappa shape index (κ1) is 26.5. The SMILES string of the molecule is CC1CCN(c2cc(N3CCCCCC3)nc(NC(=S)NCC3(c4cccc(Cl)c4)CCCC3)n2)CC1. The Labute approximate surface area is 232 Å². The summed E-state index contributed by atoms with van der Waals surface area (Å²) in [7, 11) is 0. The van der Waals surface area contributed by atoms with Gasteiger partial charge in [-0.2, -0.15) is 9.97 Å². The maximum Gasteiger partial charge on any atom is 0.232 e. The molecule has 3 fully saturated rings. The van der Waals surface area contributed by atoms with Crippen LogP contribution >= 0.6 is 23.8 Å². The van der Waals surface area contributed by atoms with E-state index in [4.69, 9.17) is 33.8 Å². The first-order valence-corrected chi connectivity index (χ1v) is 15.0. The van der Waals surface area contributed by atoms with Crippen molar-refractivity contribution in [2.45, 2.75) is 76.5 Å². The lowest BCUT2D eigenvalue weighted by Gasteiger charge is -2.32. The molecular formula is C29H41ClN6S. The highest BCUT2D eigenvalue weighted by atomic mass is 35.5. The largest absolute Gasteiger partial charge is 0.361 e. The fourth-order valence-electron chi connectivity index (χ4n) is 6.17. The third-order valence-electron chi connectivity index (χ3n) is 8.55. The maximum atomic E-state index is 6.35. The van der Waals surface area contributed by atoms with Gasteiger partial charge in [-0.3, -0.25) is 0 Å². The minimum Gasteiger partial charge on any atom is -0.361 e. The van der Waals surface area contributed by atoms with Gasteiger partial charge in [0, 0.05) is 49.2 Å². The van der Waals surface area contributed by atoms with Crippen molar-refractivity contribution in [1.82, 2.24) is 15.3 Å². The van der Waals surface area contributed by atoms with Crippen LogP contribution in [0.2, 0.25) is 5.02 Å². The molecular weight excluding hydrogens is 500 g/mol. The molecule has 6 nitrogen and oxygen atoms in total. The van der Waals surface area contributed by atoms with Crippen molar-refractivity contribution in [1.29, 1.82) is 0 Å². The fraction of sp³-hybridized carbons (Fsp3) is 0.621. The van der Waals surface area contributed by atoms with E-state index >= 15 is 0 Å². The Morgan fingerprint density at radius 3 is 2.24 bits per heavy atom. The molecule has 1 aromatic carbocycles. The van der Waals surface area contributed by atoms with Crippen LogP contribution in [0.3, 0.4) is 0 Å². The number of anilines is 3. The van der Waals surface area contributed by atoms with Crippen LogP contribution in [0, 0.1) is 5.92 Å². The Morgan fingerprint density at radius 2 is 1.59 bits per heavy atom. The molecule has 5 rings (SSSR count). The molecule has 0 atom stereocenters. The predicted molar refractivity (Wildman–Crippen MR) is 159 cm³/mol. The van der Waals surface area contributed by atoms with Crippen molar-refractivity contribution in [3.8, 4) is 0 Å². The van der Waals surface area contributed by atoms with E-state index in [2.05, 4.69) is 51.6 Å². The molecule has 2 saturated heterocycles. The van der Waals surface area contributed by atoms with Crippen molar-refractivity contribution in [2.24, 2.45) is 5.92 Å². The summed E-state index contributed by atoms with van der Waals surface area (Å²) in [5.41, 5.74) is 1.36. The smallest absolute Gasteiger partial charge is 0.232 e. The van der Waals surface area contributed by atoms with Gasteiger partial charge in [-0.05, 0) is 74.4 Å². The number of hydrogen-bond acceptors (Lipinski definition) is 5. The average Bonchev–Trinajstić information content (AvgIpc) is 3.22. The van der Waals surface area contributed by atoms with Gasteiger partial charge in [0.2, 0.25) is 5.95 Å². The van der Waals surface area contributed by atoms with Crippen LogP contribution < -0.4 is 20.4 Å². The van der Waals surface area contributed by atoms with Gasteiger partial charge < -0.3 is 20.4 Å². The number of thiocarbonyl (C=S) groups is 1. The van der Waals surface area contributed by atoms with Gasteiger partial charge in [0.05, 0.1) is 0 Å². The highest BCUT2D eigenvalue weighted by molar-refractivity contribution is 7.80. The lowest BCUT2D eigenvalue weighted by molar-refractivity contribution is 0.435. The molecule has 3 heterocycles. The quantitative estimate of drug-likeness (QED) is 0.403. The zero-order valence-electron chi connectivity index (χ0n) is 22.1. The van der Waals surface area contributed by atoms with Crippen LogP contribution in [0.1, 0.15) is 76.7 Å². The predicted octanol–water partition coefficient (Wildman–Crippen LogP) is 6.55. The van der Waals surface area contributed by atoms with Crippen LogP contribution in [0.5, 0.6) is 0 Å². The van der Waals surface area contributed by atoms with E-state index in [1.807, 2.05) is 6.07 Å². The number of aromatic nitrogens is 2. The lowest BCUT2D eigenvalue weighted by Crippen LogP contribution is -2.41. The van der Waals surface area contributed by atoms with E-state index < -0.39 is 0 Å². The topological polar surface area (TPSA) is 56.3 Å². The summed E-state index contributed by atoms with van der Waals surface area (Å²) in [4.78, 5) is 14.7. The number of hydrogen-bond donors (Lipinski definition) is 2. The molecule has 0 bridgehead atoms. The summed E-state index contributed by atoms with van der Waals surface area (Å²) in [5.74, 6) is 3.40. The molecule has 0 unspecified atom stereocenters. The Kier molecular flexibility index (Phi) is 8.71. The van der Waals surface area contributed by atoms with Gasteiger partial charge in [0.1, 0.15) is 11.6 Å². The summed E-state index contributed by atoms with van der Waals surface area (Å²) in [6.45, 7) is 7.32. The Hall–Kier alpha value is -2.12. The van der Waals surface area contributed by atoms with Crippen molar-refractivity contribution >= 4 is 46.5 Å². The minimum atomic E-state index is 0.0566. The number of halogens is 1. The summed E-state index contributed by atoms with van der Waals surface area (Å²) in [6.07, 6.45) is 12.2. The van der Waals surface area contributed by atoms with Crippen LogP contribution in [-0.4, -0.2) is 47.8 Å². The van der Waals surface area contributed by atoms with Gasteiger partial charge in [-0.15, -0.1) is 0 Å². The standard InChI is InChI=1S/C29H41ClN6S/c1-22-11-17-36(18-12-22)26-20-25(35-15-6-2-3-7-16-35)32-27(33-26)34-28(37)31-21-29(13-4-5-14-29)23-9-8-10-24(30)19-23/h8-10,19-20,22H,2-7,11-18,21H2,1H3,(H2,31,32,33,34,37). The second-order valence-electron chi connectivity index (χ2n) is 11.3. The zero-order valence-corrected chi connectivity index (χ0v) is 23.7. The summed E-state index contributed by atoms with van der Waals surface area (Å²) < 4.78 is 0. The lowest BCUT2D eigenvalue weighted by atomic mass is 9.79. The van der Waals surface area contributed by atoms with Crippen molar-refractivity contribution in [2.75, 3.05) is 47.8 Å². The van der Waals surface area contributed by atoms with E-state index in [-0.39, 0.29) is 5.41 Å². The third-order valence-corrected chi connectivity index (χ3v) is 9.03. The van der Waals surface area contributed by atoms with E-state index in [0.717, 1.165) is 68.1 Å². The molecule has 8 heteroatoms. The Balaban J connectivity index is 1.32. The second-order valence-corrected chi connectivity index (χ2v) is 12.1. The first-order chi connectivity index (χ1) is 18.0. The molecule has 2 aromatic rings. The molecule has 1 aliphatic carbocycles. The van der Waals surface area contributed by atoms with E-state index in [1.54, 1.807) is 0 Å².